The predicted molar refractivity (Wildman–Crippen MR) is 101 cm³/mol. The summed E-state index contributed by atoms with van der Waals surface area (Å²) >= 11 is 0. The second-order valence-corrected chi connectivity index (χ2v) is 6.87. The Morgan fingerprint density at radius 1 is 1.19 bits per heavy atom. The number of carbonyl (C=O) groups excluding carboxylic acids is 1. The Labute approximate surface area is 152 Å². The van der Waals surface area contributed by atoms with E-state index >= 15 is 0 Å². The Kier molecular flexibility index (Phi) is 4.47. The van der Waals surface area contributed by atoms with E-state index in [9.17, 15) is 9.18 Å². The van der Waals surface area contributed by atoms with Gasteiger partial charge in [0.1, 0.15) is 11.5 Å². The van der Waals surface area contributed by atoms with E-state index in [1.165, 1.54) is 6.07 Å². The number of piperazine rings is 1. The molecule has 0 saturated carbocycles. The number of aromatic nitrogens is 1. The average molecular weight is 351 g/mol. The van der Waals surface area contributed by atoms with Gasteiger partial charge in [0.25, 0.3) is 5.91 Å². The minimum absolute atomic E-state index is 0.00545. The van der Waals surface area contributed by atoms with Crippen molar-refractivity contribution >= 4 is 16.8 Å². The summed E-state index contributed by atoms with van der Waals surface area (Å²) in [6, 6.07) is 16.8. The number of nitrogens with zero attached hydrogens (tertiary/aromatic N) is 2. The van der Waals surface area contributed by atoms with E-state index in [0.29, 0.717) is 30.9 Å². The highest BCUT2D eigenvalue weighted by Gasteiger charge is 2.25. The predicted octanol–water partition coefficient (Wildman–Crippen LogP) is 3.26. The highest BCUT2D eigenvalue weighted by molar-refractivity contribution is 5.99. The Balaban J connectivity index is 1.76. The number of carbonyl (C=O) groups is 1. The molecule has 0 unspecified atom stereocenters. The molecule has 134 valence electrons. The van der Waals surface area contributed by atoms with Crippen LogP contribution in [0.1, 0.15) is 23.0 Å². The number of hydrogen-bond donors (Lipinski definition) is 1. The Hall–Kier alpha value is -2.66. The topological polar surface area (TPSA) is 37.3 Å². The molecule has 1 amide bonds. The van der Waals surface area contributed by atoms with Crippen LogP contribution in [-0.2, 0) is 6.54 Å². The molecule has 4 rings (SSSR count). The second-order valence-electron chi connectivity index (χ2n) is 6.87. The number of benzene rings is 2. The maximum absolute atomic E-state index is 14.2. The third-order valence-corrected chi connectivity index (χ3v) is 4.97. The number of para-hydroxylation sites is 1. The molecule has 1 aliphatic heterocycles. The largest absolute Gasteiger partial charge is 0.335 e. The van der Waals surface area contributed by atoms with E-state index in [1.807, 2.05) is 45.9 Å². The van der Waals surface area contributed by atoms with Gasteiger partial charge in [-0.25, -0.2) is 4.39 Å². The van der Waals surface area contributed by atoms with Gasteiger partial charge in [0.05, 0.1) is 6.54 Å². The van der Waals surface area contributed by atoms with Crippen molar-refractivity contribution in [1.82, 2.24) is 14.8 Å². The van der Waals surface area contributed by atoms with E-state index in [2.05, 4.69) is 12.2 Å². The molecular formula is C21H22FN3O. The van der Waals surface area contributed by atoms with Gasteiger partial charge in [0.15, 0.2) is 0 Å². The van der Waals surface area contributed by atoms with Crippen LogP contribution >= 0.6 is 0 Å². The van der Waals surface area contributed by atoms with Crippen molar-refractivity contribution in [3.05, 3.63) is 71.7 Å². The van der Waals surface area contributed by atoms with Crippen molar-refractivity contribution in [3.8, 4) is 0 Å². The lowest BCUT2D eigenvalue weighted by Crippen LogP contribution is -2.51. The van der Waals surface area contributed by atoms with Gasteiger partial charge in [-0.3, -0.25) is 4.79 Å². The summed E-state index contributed by atoms with van der Waals surface area (Å²) in [5.41, 5.74) is 2.14. The lowest BCUT2D eigenvalue weighted by molar-refractivity contribution is 0.0699. The molecule has 0 spiro atoms. The van der Waals surface area contributed by atoms with Gasteiger partial charge in [-0.05, 0) is 25.1 Å². The summed E-state index contributed by atoms with van der Waals surface area (Å²) < 4.78 is 16.1. The molecule has 5 heteroatoms. The van der Waals surface area contributed by atoms with Crippen LogP contribution in [0.5, 0.6) is 0 Å². The fraction of sp³-hybridized carbons (Fsp3) is 0.286. The molecule has 1 fully saturated rings. The Bertz CT molecular complexity index is 949. The van der Waals surface area contributed by atoms with Gasteiger partial charge in [-0.2, -0.15) is 0 Å². The van der Waals surface area contributed by atoms with Gasteiger partial charge in [0, 0.05) is 42.1 Å². The number of halogens is 1. The summed E-state index contributed by atoms with van der Waals surface area (Å²) in [6.07, 6.45) is 0. The monoisotopic (exact) mass is 351 g/mol. The maximum atomic E-state index is 14.2. The molecule has 0 bridgehead atoms. The number of rotatable bonds is 3. The zero-order valence-electron chi connectivity index (χ0n) is 14.8. The molecule has 1 aliphatic rings. The van der Waals surface area contributed by atoms with Crippen LogP contribution in [0, 0.1) is 5.82 Å². The molecule has 1 atom stereocenters. The smallest absolute Gasteiger partial charge is 0.270 e. The van der Waals surface area contributed by atoms with E-state index in [4.69, 9.17) is 0 Å². The van der Waals surface area contributed by atoms with Crippen molar-refractivity contribution in [3.63, 3.8) is 0 Å². The van der Waals surface area contributed by atoms with Gasteiger partial charge >= 0.3 is 0 Å². The van der Waals surface area contributed by atoms with Crippen LogP contribution in [0.15, 0.2) is 54.6 Å². The fourth-order valence-electron chi connectivity index (χ4n) is 3.63. The number of fused-ring (bicyclic) bond motifs is 1. The molecule has 4 nitrogen and oxygen atoms in total. The molecule has 0 radical (unpaired) electrons. The fourth-order valence-corrected chi connectivity index (χ4v) is 3.63. The number of hydrogen-bond acceptors (Lipinski definition) is 2. The quantitative estimate of drug-likeness (QED) is 0.786. The normalized spacial score (nSPS) is 17.6. The Morgan fingerprint density at radius 2 is 1.96 bits per heavy atom. The third-order valence-electron chi connectivity index (χ3n) is 4.97. The maximum Gasteiger partial charge on any atom is 0.270 e. The first-order chi connectivity index (χ1) is 12.6. The standard InChI is InChI=1S/C21H22FN3O/c1-15-13-24(11-10-23-15)21(26)20-12-16-6-3-5-9-19(16)25(20)14-17-7-2-4-8-18(17)22/h2-9,12,15,23H,10-11,13-14H2,1H3/t15-/m1/s1. The van der Waals surface area contributed by atoms with Gasteiger partial charge in [0.2, 0.25) is 0 Å². The minimum atomic E-state index is -0.250. The van der Waals surface area contributed by atoms with Crippen LogP contribution < -0.4 is 5.32 Å². The summed E-state index contributed by atoms with van der Waals surface area (Å²) in [5.74, 6) is -0.245. The van der Waals surface area contributed by atoms with E-state index in [1.54, 1.807) is 12.1 Å². The number of nitrogens with one attached hydrogen (secondary N) is 1. The summed E-state index contributed by atoms with van der Waals surface area (Å²) in [7, 11) is 0. The van der Waals surface area contributed by atoms with E-state index in [0.717, 1.165) is 17.4 Å². The summed E-state index contributed by atoms with van der Waals surface area (Å²) in [4.78, 5) is 15.1. The van der Waals surface area contributed by atoms with Crippen LogP contribution in [0.2, 0.25) is 0 Å². The van der Waals surface area contributed by atoms with Crippen molar-refractivity contribution < 1.29 is 9.18 Å². The molecule has 26 heavy (non-hydrogen) atoms. The lowest BCUT2D eigenvalue weighted by atomic mass is 10.2. The van der Waals surface area contributed by atoms with Gasteiger partial charge in [-0.1, -0.05) is 36.4 Å². The van der Waals surface area contributed by atoms with Gasteiger partial charge in [-0.15, -0.1) is 0 Å². The molecule has 0 aliphatic carbocycles. The average Bonchev–Trinajstić information content (AvgIpc) is 3.01. The van der Waals surface area contributed by atoms with Crippen molar-refractivity contribution in [2.75, 3.05) is 19.6 Å². The van der Waals surface area contributed by atoms with Gasteiger partial charge < -0.3 is 14.8 Å². The molecule has 1 saturated heterocycles. The highest BCUT2D eigenvalue weighted by Crippen LogP contribution is 2.23. The SMILES string of the molecule is C[C@@H]1CN(C(=O)c2cc3ccccc3n2Cc2ccccc2F)CCN1. The van der Waals surface area contributed by atoms with Crippen molar-refractivity contribution in [2.45, 2.75) is 19.5 Å². The molecule has 1 N–H and O–H groups in total. The zero-order valence-corrected chi connectivity index (χ0v) is 14.8. The first-order valence-corrected chi connectivity index (χ1v) is 8.98. The molecule has 2 aromatic carbocycles. The van der Waals surface area contributed by atoms with Crippen LogP contribution in [0.4, 0.5) is 4.39 Å². The molecule has 3 aromatic rings. The Morgan fingerprint density at radius 3 is 2.77 bits per heavy atom. The zero-order chi connectivity index (χ0) is 18.1. The second kappa shape index (κ2) is 6.92. The highest BCUT2D eigenvalue weighted by atomic mass is 19.1. The summed E-state index contributed by atoms with van der Waals surface area (Å²) in [5, 5.41) is 4.35. The number of amides is 1. The summed E-state index contributed by atoms with van der Waals surface area (Å²) in [6.45, 7) is 4.57. The van der Waals surface area contributed by atoms with Crippen LogP contribution in [0.3, 0.4) is 0 Å². The lowest BCUT2D eigenvalue weighted by Gasteiger charge is -2.32. The van der Waals surface area contributed by atoms with Crippen molar-refractivity contribution in [1.29, 1.82) is 0 Å². The first-order valence-electron chi connectivity index (χ1n) is 8.98. The van der Waals surface area contributed by atoms with E-state index in [-0.39, 0.29) is 17.8 Å². The van der Waals surface area contributed by atoms with Crippen LogP contribution in [-0.4, -0.2) is 41.1 Å². The first kappa shape index (κ1) is 16.8. The van der Waals surface area contributed by atoms with Crippen LogP contribution in [0.25, 0.3) is 10.9 Å². The third kappa shape index (κ3) is 3.10. The molecule has 2 heterocycles. The minimum Gasteiger partial charge on any atom is -0.335 e. The molecule has 1 aromatic heterocycles. The van der Waals surface area contributed by atoms with E-state index < -0.39 is 0 Å². The molecular weight excluding hydrogens is 329 g/mol. The van der Waals surface area contributed by atoms with Crippen molar-refractivity contribution in [2.24, 2.45) is 0 Å².